The van der Waals surface area contributed by atoms with Crippen molar-refractivity contribution in [2.24, 2.45) is 11.7 Å². The molecular formula is C13H17IN2O2. The molecule has 0 radical (unpaired) electrons. The first-order chi connectivity index (χ1) is 8.41. The van der Waals surface area contributed by atoms with Crippen LogP contribution in [0.5, 0.6) is 0 Å². The van der Waals surface area contributed by atoms with Gasteiger partial charge in [-0.3, -0.25) is 9.59 Å². The summed E-state index contributed by atoms with van der Waals surface area (Å²) in [6.07, 6.45) is 0.424. The zero-order valence-corrected chi connectivity index (χ0v) is 12.6. The molecule has 1 aromatic carbocycles. The second kappa shape index (κ2) is 6.72. The number of benzene rings is 1. The normalized spacial score (nSPS) is 12.2. The number of halogens is 1. The van der Waals surface area contributed by atoms with Crippen molar-refractivity contribution in [2.45, 2.75) is 26.3 Å². The molecule has 0 aliphatic heterocycles. The smallest absolute Gasteiger partial charge is 0.240 e. The van der Waals surface area contributed by atoms with Crippen LogP contribution in [0.15, 0.2) is 24.3 Å². The molecule has 0 aromatic heterocycles. The molecule has 0 saturated carbocycles. The first-order valence-corrected chi connectivity index (χ1v) is 6.82. The highest BCUT2D eigenvalue weighted by Crippen LogP contribution is 2.13. The van der Waals surface area contributed by atoms with Gasteiger partial charge in [-0.15, -0.1) is 0 Å². The summed E-state index contributed by atoms with van der Waals surface area (Å²) in [6.45, 7) is 3.55. The third-order valence-corrected chi connectivity index (χ3v) is 3.62. The Morgan fingerprint density at radius 1 is 1.33 bits per heavy atom. The van der Waals surface area contributed by atoms with Gasteiger partial charge in [-0.25, -0.2) is 0 Å². The average Bonchev–Trinajstić information content (AvgIpc) is 2.30. The van der Waals surface area contributed by atoms with Crippen molar-refractivity contribution >= 4 is 34.4 Å². The maximum absolute atomic E-state index is 11.6. The molecule has 18 heavy (non-hydrogen) atoms. The fraction of sp³-hybridized carbons (Fsp3) is 0.385. The molecule has 4 nitrogen and oxygen atoms in total. The van der Waals surface area contributed by atoms with Crippen LogP contribution < -0.4 is 11.1 Å². The van der Waals surface area contributed by atoms with Crippen LogP contribution in [0.2, 0.25) is 0 Å². The summed E-state index contributed by atoms with van der Waals surface area (Å²) in [5.74, 6) is -0.838. The van der Waals surface area contributed by atoms with Crippen LogP contribution in [0.25, 0.3) is 0 Å². The number of carbonyl (C=O) groups is 2. The molecule has 0 heterocycles. The third kappa shape index (κ3) is 4.29. The van der Waals surface area contributed by atoms with Gasteiger partial charge in [-0.2, -0.15) is 0 Å². The van der Waals surface area contributed by atoms with Crippen molar-refractivity contribution in [3.63, 3.8) is 0 Å². The van der Waals surface area contributed by atoms with Crippen LogP contribution in [0, 0.1) is 9.49 Å². The highest BCUT2D eigenvalue weighted by molar-refractivity contribution is 14.1. The van der Waals surface area contributed by atoms with Gasteiger partial charge in [0, 0.05) is 15.9 Å². The summed E-state index contributed by atoms with van der Waals surface area (Å²) in [7, 11) is 0. The Kier molecular flexibility index (Phi) is 5.58. The number of hydrogen-bond donors (Lipinski definition) is 2. The maximum Gasteiger partial charge on any atom is 0.240 e. The van der Waals surface area contributed by atoms with Crippen molar-refractivity contribution in [1.29, 1.82) is 0 Å². The first kappa shape index (κ1) is 14.9. The molecule has 0 aliphatic carbocycles. The van der Waals surface area contributed by atoms with E-state index in [2.05, 4.69) is 27.9 Å². The molecule has 1 atom stereocenters. The predicted octanol–water partition coefficient (Wildman–Crippen LogP) is 1.46. The zero-order valence-electron chi connectivity index (χ0n) is 10.4. The minimum absolute atomic E-state index is 0.162. The van der Waals surface area contributed by atoms with E-state index in [0.717, 1.165) is 9.13 Å². The van der Waals surface area contributed by atoms with Crippen molar-refractivity contribution < 1.29 is 9.59 Å². The van der Waals surface area contributed by atoms with E-state index in [1.54, 1.807) is 13.8 Å². The van der Waals surface area contributed by atoms with Gasteiger partial charge in [0.15, 0.2) is 0 Å². The Hall–Kier alpha value is -1.11. The number of rotatable bonds is 5. The van der Waals surface area contributed by atoms with E-state index >= 15 is 0 Å². The quantitative estimate of drug-likeness (QED) is 0.781. The van der Waals surface area contributed by atoms with Crippen molar-refractivity contribution in [2.75, 3.05) is 0 Å². The summed E-state index contributed by atoms with van der Waals surface area (Å²) in [5, 5.41) is 2.67. The number of carbonyl (C=O) groups excluding carboxylic acids is 2. The number of amides is 2. The standard InChI is InChI=1S/C13H17IN2O2/c1-8(2)13(18)16-11(12(15)17)7-9-5-3-4-6-10(9)14/h3-6,8,11H,7H2,1-2H3,(H2,15,17)(H,16,18)/t11-/m1/s1. The lowest BCUT2D eigenvalue weighted by atomic mass is 10.0. The minimum Gasteiger partial charge on any atom is -0.368 e. The van der Waals surface area contributed by atoms with E-state index < -0.39 is 11.9 Å². The van der Waals surface area contributed by atoms with Gasteiger partial charge in [0.2, 0.25) is 11.8 Å². The molecule has 0 bridgehead atoms. The van der Waals surface area contributed by atoms with Crippen molar-refractivity contribution in [1.82, 2.24) is 5.32 Å². The highest BCUT2D eigenvalue weighted by atomic mass is 127. The molecule has 5 heteroatoms. The van der Waals surface area contributed by atoms with E-state index in [1.807, 2.05) is 24.3 Å². The van der Waals surface area contributed by atoms with E-state index in [4.69, 9.17) is 5.73 Å². The van der Waals surface area contributed by atoms with E-state index in [1.165, 1.54) is 0 Å². The largest absolute Gasteiger partial charge is 0.368 e. The van der Waals surface area contributed by atoms with Gasteiger partial charge < -0.3 is 11.1 Å². The monoisotopic (exact) mass is 360 g/mol. The molecule has 2 amide bonds. The summed E-state index contributed by atoms with van der Waals surface area (Å²) in [6, 6.07) is 7.06. The summed E-state index contributed by atoms with van der Waals surface area (Å²) < 4.78 is 1.06. The summed E-state index contributed by atoms with van der Waals surface area (Å²) in [4.78, 5) is 23.0. The molecule has 0 unspecified atom stereocenters. The molecule has 0 fully saturated rings. The number of nitrogens with two attached hydrogens (primary N) is 1. The Balaban J connectivity index is 2.79. The Morgan fingerprint density at radius 3 is 2.44 bits per heavy atom. The molecule has 3 N–H and O–H groups in total. The second-order valence-electron chi connectivity index (χ2n) is 4.41. The van der Waals surface area contributed by atoms with Gasteiger partial charge in [0.25, 0.3) is 0 Å². The number of hydrogen-bond acceptors (Lipinski definition) is 2. The average molecular weight is 360 g/mol. The van der Waals surface area contributed by atoms with Gasteiger partial charge in [-0.1, -0.05) is 32.0 Å². The Bertz CT molecular complexity index is 446. The molecule has 98 valence electrons. The molecule has 0 spiro atoms. The first-order valence-electron chi connectivity index (χ1n) is 5.75. The van der Waals surface area contributed by atoms with Crippen LogP contribution in [0.4, 0.5) is 0 Å². The van der Waals surface area contributed by atoms with Crippen LogP contribution in [-0.4, -0.2) is 17.9 Å². The molecule has 1 rings (SSSR count). The van der Waals surface area contributed by atoms with E-state index in [-0.39, 0.29) is 11.8 Å². The lowest BCUT2D eigenvalue weighted by Gasteiger charge is -2.17. The number of nitrogens with one attached hydrogen (secondary N) is 1. The van der Waals surface area contributed by atoms with Gasteiger partial charge >= 0.3 is 0 Å². The fourth-order valence-electron chi connectivity index (χ4n) is 1.44. The fourth-order valence-corrected chi connectivity index (χ4v) is 2.05. The van der Waals surface area contributed by atoms with Crippen molar-refractivity contribution in [3.05, 3.63) is 33.4 Å². The highest BCUT2D eigenvalue weighted by Gasteiger charge is 2.20. The van der Waals surface area contributed by atoms with Crippen LogP contribution in [0.1, 0.15) is 19.4 Å². The molecule has 0 saturated heterocycles. The predicted molar refractivity (Wildman–Crippen MR) is 78.8 cm³/mol. The van der Waals surface area contributed by atoms with Gasteiger partial charge in [0.1, 0.15) is 6.04 Å². The second-order valence-corrected chi connectivity index (χ2v) is 5.58. The Morgan fingerprint density at radius 2 is 1.94 bits per heavy atom. The van der Waals surface area contributed by atoms with E-state index in [0.29, 0.717) is 6.42 Å². The molecule has 1 aromatic rings. The molecule has 0 aliphatic rings. The lowest BCUT2D eigenvalue weighted by molar-refractivity contribution is -0.129. The summed E-state index contributed by atoms with van der Waals surface area (Å²) in [5.41, 5.74) is 6.33. The summed E-state index contributed by atoms with van der Waals surface area (Å²) >= 11 is 2.20. The SMILES string of the molecule is CC(C)C(=O)N[C@H](Cc1ccccc1I)C(N)=O. The van der Waals surface area contributed by atoms with E-state index in [9.17, 15) is 9.59 Å². The zero-order chi connectivity index (χ0) is 13.7. The van der Waals surface area contributed by atoms with Gasteiger partial charge in [-0.05, 0) is 34.2 Å². The molecular weight excluding hydrogens is 343 g/mol. The topological polar surface area (TPSA) is 72.2 Å². The van der Waals surface area contributed by atoms with Crippen LogP contribution in [0.3, 0.4) is 0 Å². The Labute approximate surface area is 120 Å². The van der Waals surface area contributed by atoms with Crippen LogP contribution in [-0.2, 0) is 16.0 Å². The lowest BCUT2D eigenvalue weighted by Crippen LogP contribution is -2.47. The van der Waals surface area contributed by atoms with Crippen molar-refractivity contribution in [3.8, 4) is 0 Å². The number of primary amides is 1. The van der Waals surface area contributed by atoms with Crippen LogP contribution >= 0.6 is 22.6 Å². The third-order valence-electron chi connectivity index (χ3n) is 2.57. The maximum atomic E-state index is 11.6. The minimum atomic E-state index is -0.657. The van der Waals surface area contributed by atoms with Gasteiger partial charge in [0.05, 0.1) is 0 Å².